The van der Waals surface area contributed by atoms with E-state index in [2.05, 4.69) is 39.9 Å². The van der Waals surface area contributed by atoms with Gasteiger partial charge in [0.05, 0.1) is 12.5 Å². The van der Waals surface area contributed by atoms with Gasteiger partial charge in [-0.05, 0) is 43.7 Å². The highest BCUT2D eigenvalue weighted by Gasteiger charge is 2.55. The molecular weight excluding hydrogens is 394 g/mol. The Labute approximate surface area is 183 Å². The lowest BCUT2D eigenvalue weighted by atomic mass is 9.69. The molecule has 0 saturated carbocycles. The van der Waals surface area contributed by atoms with Gasteiger partial charge < -0.3 is 20.5 Å². The third-order valence-electron chi connectivity index (χ3n) is 6.06. The second-order valence-electron chi connectivity index (χ2n) is 8.21. The number of carbonyl (C=O) groups excluding carboxylic acids is 1. The number of carbonyl (C=O) groups is 2. The standard InChI is InChI=1S/C22H27N3O2.C2H4O2/c1-27-20-17(8-5-12-23-20)11-13-24-21(26)22(14-16-6-3-2-4-7-16)15-18-9-10-19(22)25-18;1-2(3)4/h2-8,12,18-19,25H,9-11,13-15H2,1H3,(H,24,26);1H3,(H,3,4)/t18-,19+,22+;/m0./s1. The fourth-order valence-corrected chi connectivity index (χ4v) is 4.77. The third kappa shape index (κ3) is 5.61. The number of hydrogen-bond acceptors (Lipinski definition) is 5. The molecule has 2 fully saturated rings. The van der Waals surface area contributed by atoms with Crippen molar-refractivity contribution in [3.05, 3.63) is 59.8 Å². The number of fused-ring (bicyclic) bond motifs is 2. The fraction of sp³-hybridized carbons (Fsp3) is 0.458. The van der Waals surface area contributed by atoms with Gasteiger partial charge in [-0.15, -0.1) is 0 Å². The summed E-state index contributed by atoms with van der Waals surface area (Å²) in [5.41, 5.74) is 1.91. The Morgan fingerprint density at radius 2 is 1.97 bits per heavy atom. The molecule has 7 nitrogen and oxygen atoms in total. The minimum Gasteiger partial charge on any atom is -0.481 e. The Kier molecular flexibility index (Phi) is 7.63. The van der Waals surface area contributed by atoms with Crippen LogP contribution < -0.4 is 15.4 Å². The van der Waals surface area contributed by atoms with Crippen LogP contribution in [0.1, 0.15) is 37.3 Å². The molecule has 4 rings (SSSR count). The van der Waals surface area contributed by atoms with Crippen molar-refractivity contribution in [1.29, 1.82) is 0 Å². The Bertz CT molecular complexity index is 885. The van der Waals surface area contributed by atoms with Crippen molar-refractivity contribution in [2.24, 2.45) is 5.41 Å². The molecule has 2 aliphatic heterocycles. The Morgan fingerprint density at radius 1 is 1.23 bits per heavy atom. The Hall–Kier alpha value is -2.93. The number of carboxylic acid groups (broad SMARTS) is 1. The number of hydrogen-bond donors (Lipinski definition) is 3. The molecule has 3 N–H and O–H groups in total. The van der Waals surface area contributed by atoms with Gasteiger partial charge in [0.1, 0.15) is 0 Å². The number of rotatable bonds is 7. The molecule has 3 heterocycles. The monoisotopic (exact) mass is 425 g/mol. The minimum absolute atomic E-state index is 0.175. The number of methoxy groups -OCH3 is 1. The van der Waals surface area contributed by atoms with Gasteiger partial charge in [0.25, 0.3) is 5.97 Å². The molecule has 2 bridgehead atoms. The first-order valence-electron chi connectivity index (χ1n) is 10.7. The summed E-state index contributed by atoms with van der Waals surface area (Å²) in [5, 5.41) is 14.3. The number of nitrogens with zero attached hydrogens (tertiary/aromatic N) is 1. The first-order chi connectivity index (χ1) is 14.9. The molecular formula is C24H31N3O4. The van der Waals surface area contributed by atoms with E-state index in [0.717, 1.165) is 31.7 Å². The number of amides is 1. The first kappa shape index (κ1) is 22.7. The summed E-state index contributed by atoms with van der Waals surface area (Å²) in [6.07, 6.45) is 6.42. The van der Waals surface area contributed by atoms with E-state index in [9.17, 15) is 4.79 Å². The van der Waals surface area contributed by atoms with Crippen molar-refractivity contribution in [2.75, 3.05) is 13.7 Å². The third-order valence-corrected chi connectivity index (χ3v) is 6.06. The molecule has 166 valence electrons. The molecule has 2 saturated heterocycles. The van der Waals surface area contributed by atoms with Crippen LogP contribution in [0.15, 0.2) is 48.7 Å². The van der Waals surface area contributed by atoms with E-state index in [4.69, 9.17) is 14.6 Å². The second-order valence-corrected chi connectivity index (χ2v) is 8.21. The maximum Gasteiger partial charge on any atom is 0.300 e. The van der Waals surface area contributed by atoms with E-state index in [1.165, 1.54) is 12.0 Å². The topological polar surface area (TPSA) is 101 Å². The quantitative estimate of drug-likeness (QED) is 0.630. The van der Waals surface area contributed by atoms with Gasteiger partial charge in [0, 0.05) is 37.3 Å². The average molecular weight is 426 g/mol. The number of pyridine rings is 1. The molecule has 0 aliphatic carbocycles. The second kappa shape index (κ2) is 10.4. The number of ether oxygens (including phenoxy) is 1. The number of nitrogens with one attached hydrogen (secondary N) is 2. The summed E-state index contributed by atoms with van der Waals surface area (Å²) in [6.45, 7) is 1.68. The molecule has 1 amide bonds. The highest BCUT2D eigenvalue weighted by atomic mass is 16.5. The van der Waals surface area contributed by atoms with E-state index < -0.39 is 5.97 Å². The van der Waals surface area contributed by atoms with Crippen LogP contribution in [0, 0.1) is 5.41 Å². The van der Waals surface area contributed by atoms with E-state index >= 15 is 0 Å². The summed E-state index contributed by atoms with van der Waals surface area (Å²) >= 11 is 0. The van der Waals surface area contributed by atoms with Gasteiger partial charge in [-0.1, -0.05) is 36.4 Å². The first-order valence-corrected chi connectivity index (χ1v) is 10.7. The lowest BCUT2D eigenvalue weighted by Crippen LogP contribution is -2.50. The van der Waals surface area contributed by atoms with E-state index in [-0.39, 0.29) is 17.4 Å². The van der Waals surface area contributed by atoms with Gasteiger partial charge in [0.2, 0.25) is 11.8 Å². The van der Waals surface area contributed by atoms with E-state index in [1.807, 2.05) is 18.2 Å². The van der Waals surface area contributed by atoms with Gasteiger partial charge >= 0.3 is 0 Å². The minimum atomic E-state index is -0.833. The summed E-state index contributed by atoms with van der Waals surface area (Å²) in [4.78, 5) is 26.5. The van der Waals surface area contributed by atoms with E-state index in [0.29, 0.717) is 24.9 Å². The van der Waals surface area contributed by atoms with Crippen LogP contribution in [0.5, 0.6) is 5.88 Å². The summed E-state index contributed by atoms with van der Waals surface area (Å²) < 4.78 is 5.31. The summed E-state index contributed by atoms with van der Waals surface area (Å²) in [5.74, 6) is -0.0266. The molecule has 0 unspecified atom stereocenters. The van der Waals surface area contributed by atoms with Crippen LogP contribution in [0.25, 0.3) is 0 Å². The molecule has 1 aromatic heterocycles. The van der Waals surface area contributed by atoms with Crippen molar-refractivity contribution < 1.29 is 19.4 Å². The van der Waals surface area contributed by atoms with Crippen LogP contribution in [-0.4, -0.2) is 47.7 Å². The van der Waals surface area contributed by atoms with Crippen molar-refractivity contribution in [1.82, 2.24) is 15.6 Å². The van der Waals surface area contributed by atoms with Crippen LogP contribution in [0.2, 0.25) is 0 Å². The molecule has 0 spiro atoms. The lowest BCUT2D eigenvalue weighted by Gasteiger charge is -2.35. The predicted octanol–water partition coefficient (Wildman–Crippen LogP) is 2.59. The Balaban J connectivity index is 0.000000628. The van der Waals surface area contributed by atoms with Gasteiger partial charge in [-0.2, -0.15) is 0 Å². The van der Waals surface area contributed by atoms with Gasteiger partial charge in [0.15, 0.2) is 0 Å². The Morgan fingerprint density at radius 3 is 2.58 bits per heavy atom. The van der Waals surface area contributed by atoms with Crippen molar-refractivity contribution in [3.8, 4) is 5.88 Å². The van der Waals surface area contributed by atoms with Crippen LogP contribution >= 0.6 is 0 Å². The van der Waals surface area contributed by atoms with E-state index in [1.54, 1.807) is 13.3 Å². The highest BCUT2D eigenvalue weighted by Crippen LogP contribution is 2.45. The van der Waals surface area contributed by atoms with Crippen LogP contribution in [0.3, 0.4) is 0 Å². The average Bonchev–Trinajstić information content (AvgIpc) is 3.36. The number of benzene rings is 1. The highest BCUT2D eigenvalue weighted by molar-refractivity contribution is 5.84. The van der Waals surface area contributed by atoms with Crippen molar-refractivity contribution in [3.63, 3.8) is 0 Å². The maximum absolute atomic E-state index is 13.3. The lowest BCUT2D eigenvalue weighted by molar-refractivity contribution is -0.134. The zero-order valence-electron chi connectivity index (χ0n) is 18.1. The van der Waals surface area contributed by atoms with Gasteiger partial charge in [-0.3, -0.25) is 9.59 Å². The SMILES string of the molecule is CC(=O)O.COc1ncccc1CCNC(=O)[C@]1(Cc2ccccc2)C[C@@H]2CC[C@H]1N2. The van der Waals surface area contributed by atoms with Crippen LogP contribution in [-0.2, 0) is 22.4 Å². The number of aromatic nitrogens is 1. The number of aliphatic carboxylic acids is 1. The molecule has 0 radical (unpaired) electrons. The zero-order valence-corrected chi connectivity index (χ0v) is 18.1. The number of carboxylic acids is 1. The molecule has 2 aliphatic rings. The molecule has 3 atom stereocenters. The molecule has 7 heteroatoms. The smallest absolute Gasteiger partial charge is 0.300 e. The maximum atomic E-state index is 13.3. The van der Waals surface area contributed by atoms with Crippen LogP contribution in [0.4, 0.5) is 0 Å². The fourth-order valence-electron chi connectivity index (χ4n) is 4.77. The largest absolute Gasteiger partial charge is 0.481 e. The zero-order chi connectivity index (χ0) is 22.3. The molecule has 31 heavy (non-hydrogen) atoms. The summed E-state index contributed by atoms with van der Waals surface area (Å²) in [6, 6.07) is 15.0. The van der Waals surface area contributed by atoms with Crippen molar-refractivity contribution >= 4 is 11.9 Å². The molecule has 2 aromatic rings. The normalized spacial score (nSPS) is 23.5. The molecule has 1 aromatic carbocycles. The van der Waals surface area contributed by atoms with Crippen molar-refractivity contribution in [2.45, 2.75) is 51.1 Å². The summed E-state index contributed by atoms with van der Waals surface area (Å²) in [7, 11) is 1.63. The predicted molar refractivity (Wildman–Crippen MR) is 118 cm³/mol. The van der Waals surface area contributed by atoms with Gasteiger partial charge in [-0.25, -0.2) is 4.98 Å².